The van der Waals surface area contributed by atoms with E-state index >= 15 is 0 Å². The second-order valence-corrected chi connectivity index (χ2v) is 8.84. The molecule has 2 aliphatic rings. The number of para-hydroxylation sites is 1. The Morgan fingerprint density at radius 2 is 1.85 bits per heavy atom. The number of hydrogen-bond acceptors (Lipinski definition) is 6. The fraction of sp³-hybridized carbons (Fsp3) is 0.192. The first-order chi connectivity index (χ1) is 16.2. The van der Waals surface area contributed by atoms with E-state index in [0.29, 0.717) is 17.3 Å². The maximum Gasteiger partial charge on any atom is 0.260 e. The van der Waals surface area contributed by atoms with Gasteiger partial charge in [0.1, 0.15) is 12.4 Å². The number of hydrogen-bond donors (Lipinski definition) is 2. The number of aryl methyl sites for hydroxylation is 1. The minimum atomic E-state index is -0.224. The number of carbonyl (C=O) groups excluding carboxylic acids is 1. The van der Waals surface area contributed by atoms with Gasteiger partial charge in [0.15, 0.2) is 17.0 Å². The lowest BCUT2D eigenvalue weighted by Crippen LogP contribution is -2.30. The minimum absolute atomic E-state index is 0.103. The van der Waals surface area contributed by atoms with Gasteiger partial charge in [-0.2, -0.15) is 0 Å². The van der Waals surface area contributed by atoms with Crippen LogP contribution >= 0.6 is 11.8 Å². The van der Waals surface area contributed by atoms with Crippen molar-refractivity contribution in [2.45, 2.75) is 25.4 Å². The predicted molar refractivity (Wildman–Crippen MR) is 130 cm³/mol. The van der Waals surface area contributed by atoms with Crippen LogP contribution in [0.4, 0.5) is 5.69 Å². The maximum absolute atomic E-state index is 12.6. The van der Waals surface area contributed by atoms with Gasteiger partial charge in [0.05, 0.1) is 4.91 Å². The average molecular weight is 461 g/mol. The van der Waals surface area contributed by atoms with Gasteiger partial charge in [-0.15, -0.1) is 0 Å². The largest absolute Gasteiger partial charge is 0.488 e. The number of amides is 1. The molecule has 2 heterocycles. The molecular weight excluding hydrogens is 436 g/mol. The fourth-order valence-corrected chi connectivity index (χ4v) is 4.59. The van der Waals surface area contributed by atoms with Crippen molar-refractivity contribution in [2.75, 3.05) is 12.1 Å². The van der Waals surface area contributed by atoms with Gasteiger partial charge in [-0.05, 0) is 54.0 Å². The standard InChI is InChI=1S/C26H24N2O4S/c1-2-17-7-10-20(11-8-17)27-26-28-25(29)24(33-26)14-19-5-3-4-6-21(19)30-15-18-9-12-22-23(13-18)32-16-31-22/h3-14,26-27H,2,15-16H2,1H3,(H,28,29)/b24-14-/t26-/m1/s1. The third kappa shape index (κ3) is 4.93. The molecule has 168 valence electrons. The molecule has 2 aliphatic heterocycles. The van der Waals surface area contributed by atoms with Gasteiger partial charge in [0.2, 0.25) is 6.79 Å². The average Bonchev–Trinajstić information content (AvgIpc) is 3.44. The van der Waals surface area contributed by atoms with E-state index in [2.05, 4.69) is 29.7 Å². The van der Waals surface area contributed by atoms with Gasteiger partial charge in [-0.25, -0.2) is 0 Å². The molecule has 0 spiro atoms. The Balaban J connectivity index is 1.26. The quantitative estimate of drug-likeness (QED) is 0.475. The topological polar surface area (TPSA) is 68.8 Å². The van der Waals surface area contributed by atoms with E-state index in [1.54, 1.807) is 0 Å². The summed E-state index contributed by atoms with van der Waals surface area (Å²) in [5.74, 6) is 2.09. The molecule has 0 saturated carbocycles. The molecule has 1 fully saturated rings. The summed E-state index contributed by atoms with van der Waals surface area (Å²) in [7, 11) is 0. The highest BCUT2D eigenvalue weighted by Gasteiger charge is 2.27. The van der Waals surface area contributed by atoms with E-state index in [9.17, 15) is 4.79 Å². The van der Waals surface area contributed by atoms with Gasteiger partial charge in [0, 0.05) is 11.3 Å². The fourth-order valence-electron chi connectivity index (χ4n) is 3.62. The molecule has 0 bridgehead atoms. The van der Waals surface area contributed by atoms with E-state index in [1.807, 2.05) is 60.7 Å². The first kappa shape index (κ1) is 21.3. The van der Waals surface area contributed by atoms with E-state index < -0.39 is 0 Å². The highest BCUT2D eigenvalue weighted by atomic mass is 32.2. The number of ether oxygens (including phenoxy) is 3. The normalized spacial score (nSPS) is 17.8. The predicted octanol–water partition coefficient (Wildman–Crippen LogP) is 5.16. The van der Waals surface area contributed by atoms with Gasteiger partial charge >= 0.3 is 0 Å². The van der Waals surface area contributed by atoms with Gasteiger partial charge in [0.25, 0.3) is 5.91 Å². The second kappa shape index (κ2) is 9.50. The van der Waals surface area contributed by atoms with Crippen molar-refractivity contribution in [1.29, 1.82) is 0 Å². The number of carbonyl (C=O) groups is 1. The summed E-state index contributed by atoms with van der Waals surface area (Å²) in [5.41, 5.74) is 3.86. The number of nitrogens with one attached hydrogen (secondary N) is 2. The molecule has 3 aromatic rings. The van der Waals surface area contributed by atoms with Crippen molar-refractivity contribution in [1.82, 2.24) is 5.32 Å². The molecule has 1 amide bonds. The smallest absolute Gasteiger partial charge is 0.260 e. The zero-order chi connectivity index (χ0) is 22.6. The molecule has 7 heteroatoms. The van der Waals surface area contributed by atoms with Crippen LogP contribution in [0.5, 0.6) is 17.2 Å². The summed E-state index contributed by atoms with van der Waals surface area (Å²) in [6.07, 6.45) is 2.87. The highest BCUT2D eigenvalue weighted by molar-refractivity contribution is 8.05. The Hall–Kier alpha value is -3.58. The Kier molecular flexibility index (Phi) is 6.13. The third-order valence-corrected chi connectivity index (χ3v) is 6.46. The highest BCUT2D eigenvalue weighted by Crippen LogP contribution is 2.34. The SMILES string of the molecule is CCc1ccc(N[C@@H]2NC(=O)/C(=C/c3ccccc3OCc3ccc4c(c3)OCO4)S2)cc1. The lowest BCUT2D eigenvalue weighted by atomic mass is 10.1. The van der Waals surface area contributed by atoms with E-state index in [4.69, 9.17) is 14.2 Å². The van der Waals surface area contributed by atoms with Gasteiger partial charge in [-0.3, -0.25) is 4.79 Å². The number of anilines is 1. The molecule has 3 aromatic carbocycles. The third-order valence-electron chi connectivity index (χ3n) is 5.43. The van der Waals surface area contributed by atoms with Crippen LogP contribution in [-0.4, -0.2) is 18.2 Å². The molecule has 0 unspecified atom stereocenters. The molecule has 33 heavy (non-hydrogen) atoms. The van der Waals surface area contributed by atoms with Crippen molar-refractivity contribution >= 4 is 29.4 Å². The Morgan fingerprint density at radius 1 is 1.06 bits per heavy atom. The van der Waals surface area contributed by atoms with Crippen LogP contribution < -0.4 is 24.8 Å². The number of rotatable bonds is 7. The summed E-state index contributed by atoms with van der Waals surface area (Å²) in [5, 5.41) is 6.34. The van der Waals surface area contributed by atoms with Gasteiger partial charge < -0.3 is 24.8 Å². The summed E-state index contributed by atoms with van der Waals surface area (Å²) in [4.78, 5) is 13.2. The summed E-state index contributed by atoms with van der Waals surface area (Å²) >= 11 is 1.46. The summed E-state index contributed by atoms with van der Waals surface area (Å²) in [6, 6.07) is 21.7. The van der Waals surface area contributed by atoms with Crippen LogP contribution in [0.3, 0.4) is 0 Å². The first-order valence-corrected chi connectivity index (χ1v) is 11.7. The van der Waals surface area contributed by atoms with Crippen molar-refractivity contribution in [3.8, 4) is 17.2 Å². The molecule has 1 saturated heterocycles. The number of thioether (sulfide) groups is 1. The van der Waals surface area contributed by atoms with Crippen LogP contribution in [0.25, 0.3) is 6.08 Å². The maximum atomic E-state index is 12.6. The monoisotopic (exact) mass is 460 g/mol. The van der Waals surface area contributed by atoms with Crippen LogP contribution in [-0.2, 0) is 17.8 Å². The van der Waals surface area contributed by atoms with Crippen LogP contribution in [0.1, 0.15) is 23.6 Å². The van der Waals surface area contributed by atoms with Gasteiger partial charge in [-0.1, -0.05) is 55.1 Å². The van der Waals surface area contributed by atoms with Crippen LogP contribution in [0, 0.1) is 0 Å². The minimum Gasteiger partial charge on any atom is -0.488 e. The van der Waals surface area contributed by atoms with Crippen molar-refractivity contribution in [3.05, 3.63) is 88.3 Å². The van der Waals surface area contributed by atoms with Crippen LogP contribution in [0.15, 0.2) is 71.6 Å². The van der Waals surface area contributed by atoms with Crippen molar-refractivity contribution < 1.29 is 19.0 Å². The number of fused-ring (bicyclic) bond motifs is 1. The summed E-state index contributed by atoms with van der Waals surface area (Å²) < 4.78 is 16.9. The summed E-state index contributed by atoms with van der Waals surface area (Å²) in [6.45, 7) is 2.76. The Bertz CT molecular complexity index is 1190. The van der Waals surface area contributed by atoms with E-state index in [1.165, 1.54) is 17.3 Å². The zero-order valence-corrected chi connectivity index (χ0v) is 19.0. The second-order valence-electron chi connectivity index (χ2n) is 7.69. The number of benzene rings is 3. The molecule has 6 nitrogen and oxygen atoms in total. The molecule has 0 aromatic heterocycles. The zero-order valence-electron chi connectivity index (χ0n) is 18.2. The molecule has 2 N–H and O–H groups in total. The molecule has 0 radical (unpaired) electrons. The first-order valence-electron chi connectivity index (χ1n) is 10.8. The van der Waals surface area contributed by atoms with Crippen LogP contribution in [0.2, 0.25) is 0 Å². The molecule has 1 atom stereocenters. The molecule has 0 aliphatic carbocycles. The Morgan fingerprint density at radius 3 is 2.70 bits per heavy atom. The van der Waals surface area contributed by atoms with E-state index in [0.717, 1.165) is 34.7 Å². The Labute approximate surface area is 196 Å². The van der Waals surface area contributed by atoms with Crippen molar-refractivity contribution in [3.63, 3.8) is 0 Å². The lowest BCUT2D eigenvalue weighted by Gasteiger charge is -2.13. The lowest BCUT2D eigenvalue weighted by molar-refractivity contribution is -0.116. The molecular formula is C26H24N2O4S. The van der Waals surface area contributed by atoms with E-state index in [-0.39, 0.29) is 18.2 Å². The molecule has 5 rings (SSSR count). The van der Waals surface area contributed by atoms with Crippen molar-refractivity contribution in [2.24, 2.45) is 0 Å².